The van der Waals surface area contributed by atoms with Crippen LogP contribution in [0, 0.1) is 5.82 Å². The van der Waals surface area contributed by atoms with Crippen LogP contribution in [-0.4, -0.2) is 47.7 Å². The second-order valence-electron chi connectivity index (χ2n) is 6.67. The topological polar surface area (TPSA) is 57.2 Å². The minimum absolute atomic E-state index is 0.168. The number of hydrogen-bond donors (Lipinski definition) is 1. The summed E-state index contributed by atoms with van der Waals surface area (Å²) in [5, 5.41) is 3.27. The molecule has 3 aromatic rings. The second-order valence-corrected chi connectivity index (χ2v) is 6.67. The van der Waals surface area contributed by atoms with Crippen LogP contribution in [0.4, 0.5) is 22.0 Å². The van der Waals surface area contributed by atoms with Crippen molar-refractivity contribution in [1.29, 1.82) is 0 Å². The van der Waals surface area contributed by atoms with E-state index in [1.54, 1.807) is 12.3 Å². The molecule has 0 bridgehead atoms. The minimum Gasteiger partial charge on any atom is -0.370 e. The molecule has 0 radical (unpaired) electrons. The highest BCUT2D eigenvalue weighted by molar-refractivity contribution is 5.45. The zero-order valence-electron chi connectivity index (χ0n) is 15.6. The number of nitrogens with zero attached hydrogens (tertiary/aromatic N) is 5. The maximum atomic E-state index is 13.7. The Labute approximate surface area is 164 Å². The van der Waals surface area contributed by atoms with E-state index < -0.39 is 0 Å². The van der Waals surface area contributed by atoms with Crippen molar-refractivity contribution in [2.24, 2.45) is 0 Å². The molecule has 7 heteroatoms. The van der Waals surface area contributed by atoms with Gasteiger partial charge in [-0.2, -0.15) is 4.98 Å². The standard InChI is InChI=1S/C21H23FN6/c22-18-6-2-1-5-17(18)8-11-23-19-9-12-25-21(26-19)28-15-13-27(14-16-28)20-7-3-4-10-24-20/h1-7,9-10,12H,8,11,13-16H2,(H,23,25,26). The zero-order chi connectivity index (χ0) is 19.2. The van der Waals surface area contributed by atoms with Crippen molar-refractivity contribution >= 4 is 17.6 Å². The van der Waals surface area contributed by atoms with Crippen LogP contribution in [0.3, 0.4) is 0 Å². The lowest BCUT2D eigenvalue weighted by Gasteiger charge is -2.35. The SMILES string of the molecule is Fc1ccccc1CCNc1ccnc(N2CCN(c3ccccn3)CC2)n1. The number of benzene rings is 1. The van der Waals surface area contributed by atoms with E-state index in [2.05, 4.69) is 30.1 Å². The first-order valence-electron chi connectivity index (χ1n) is 9.51. The summed E-state index contributed by atoms with van der Waals surface area (Å²) in [6, 6.07) is 14.7. The van der Waals surface area contributed by atoms with E-state index in [4.69, 9.17) is 0 Å². The Bertz CT molecular complexity index is 896. The monoisotopic (exact) mass is 378 g/mol. The number of nitrogens with one attached hydrogen (secondary N) is 1. The van der Waals surface area contributed by atoms with Crippen molar-refractivity contribution in [3.8, 4) is 0 Å². The number of pyridine rings is 1. The van der Waals surface area contributed by atoms with Crippen LogP contribution in [0.2, 0.25) is 0 Å². The van der Waals surface area contributed by atoms with Crippen molar-refractivity contribution in [1.82, 2.24) is 15.0 Å². The first-order chi connectivity index (χ1) is 13.8. The Kier molecular flexibility index (Phi) is 5.61. The number of anilines is 3. The molecule has 144 valence electrons. The third-order valence-corrected chi connectivity index (χ3v) is 4.84. The molecule has 2 aromatic heterocycles. The van der Waals surface area contributed by atoms with Crippen LogP contribution < -0.4 is 15.1 Å². The van der Waals surface area contributed by atoms with Gasteiger partial charge in [-0.25, -0.2) is 14.4 Å². The molecular weight excluding hydrogens is 355 g/mol. The second kappa shape index (κ2) is 8.65. The molecule has 1 saturated heterocycles. The average Bonchev–Trinajstić information content (AvgIpc) is 2.76. The summed E-state index contributed by atoms with van der Waals surface area (Å²) in [6.07, 6.45) is 4.19. The summed E-state index contributed by atoms with van der Waals surface area (Å²) < 4.78 is 13.7. The number of aromatic nitrogens is 3. The molecule has 0 atom stereocenters. The summed E-state index contributed by atoms with van der Waals surface area (Å²) in [5.74, 6) is 2.31. The van der Waals surface area contributed by atoms with E-state index in [0.717, 1.165) is 43.8 Å². The molecule has 1 N–H and O–H groups in total. The van der Waals surface area contributed by atoms with Crippen LogP contribution >= 0.6 is 0 Å². The van der Waals surface area contributed by atoms with Crippen molar-refractivity contribution in [2.45, 2.75) is 6.42 Å². The van der Waals surface area contributed by atoms with Crippen LogP contribution in [0.5, 0.6) is 0 Å². The molecule has 0 saturated carbocycles. The van der Waals surface area contributed by atoms with E-state index in [0.29, 0.717) is 18.5 Å². The predicted octanol–water partition coefficient (Wildman–Crippen LogP) is 2.99. The summed E-state index contributed by atoms with van der Waals surface area (Å²) >= 11 is 0. The van der Waals surface area contributed by atoms with Gasteiger partial charge < -0.3 is 15.1 Å². The molecule has 3 heterocycles. The quantitative estimate of drug-likeness (QED) is 0.712. The van der Waals surface area contributed by atoms with E-state index in [-0.39, 0.29) is 5.82 Å². The zero-order valence-corrected chi connectivity index (χ0v) is 15.6. The number of rotatable bonds is 6. The minimum atomic E-state index is -0.168. The summed E-state index contributed by atoms with van der Waals surface area (Å²) in [4.78, 5) is 17.9. The van der Waals surface area contributed by atoms with Crippen molar-refractivity contribution in [3.05, 3.63) is 72.3 Å². The molecule has 0 unspecified atom stereocenters. The molecule has 1 aliphatic heterocycles. The maximum absolute atomic E-state index is 13.7. The normalized spacial score (nSPS) is 14.2. The lowest BCUT2D eigenvalue weighted by molar-refractivity contribution is 0.610. The summed E-state index contributed by atoms with van der Waals surface area (Å²) in [5.41, 5.74) is 0.704. The Morgan fingerprint density at radius 3 is 2.43 bits per heavy atom. The van der Waals surface area contributed by atoms with Crippen LogP contribution in [0.25, 0.3) is 0 Å². The van der Waals surface area contributed by atoms with E-state index in [1.807, 2.05) is 42.6 Å². The Morgan fingerprint density at radius 1 is 0.857 bits per heavy atom. The first-order valence-corrected chi connectivity index (χ1v) is 9.51. The fourth-order valence-corrected chi connectivity index (χ4v) is 3.30. The van der Waals surface area contributed by atoms with Gasteiger partial charge in [-0.1, -0.05) is 24.3 Å². The van der Waals surface area contributed by atoms with Crippen molar-refractivity contribution in [2.75, 3.05) is 47.8 Å². The van der Waals surface area contributed by atoms with Gasteiger partial charge in [0.25, 0.3) is 0 Å². The van der Waals surface area contributed by atoms with E-state index in [9.17, 15) is 4.39 Å². The largest absolute Gasteiger partial charge is 0.370 e. The van der Waals surface area contributed by atoms with Crippen molar-refractivity contribution in [3.63, 3.8) is 0 Å². The van der Waals surface area contributed by atoms with Crippen LogP contribution in [0.1, 0.15) is 5.56 Å². The Balaban J connectivity index is 1.32. The van der Waals surface area contributed by atoms with Crippen LogP contribution in [-0.2, 0) is 6.42 Å². The summed E-state index contributed by atoms with van der Waals surface area (Å²) in [7, 11) is 0. The molecule has 0 spiro atoms. The van der Waals surface area contributed by atoms with Gasteiger partial charge in [-0.15, -0.1) is 0 Å². The van der Waals surface area contributed by atoms with Gasteiger partial charge in [0, 0.05) is 45.1 Å². The summed E-state index contributed by atoms with van der Waals surface area (Å²) in [6.45, 7) is 4.06. The fourth-order valence-electron chi connectivity index (χ4n) is 3.30. The third-order valence-electron chi connectivity index (χ3n) is 4.84. The molecule has 4 rings (SSSR count). The lowest BCUT2D eigenvalue weighted by Crippen LogP contribution is -2.47. The van der Waals surface area contributed by atoms with Gasteiger partial charge in [0.1, 0.15) is 17.5 Å². The van der Waals surface area contributed by atoms with E-state index >= 15 is 0 Å². The Hall–Kier alpha value is -3.22. The molecule has 0 amide bonds. The Morgan fingerprint density at radius 2 is 1.64 bits per heavy atom. The lowest BCUT2D eigenvalue weighted by atomic mass is 10.1. The van der Waals surface area contributed by atoms with E-state index in [1.165, 1.54) is 6.07 Å². The smallest absolute Gasteiger partial charge is 0.227 e. The van der Waals surface area contributed by atoms with Gasteiger partial charge in [0.05, 0.1) is 0 Å². The molecule has 1 aromatic carbocycles. The van der Waals surface area contributed by atoms with Gasteiger partial charge in [-0.3, -0.25) is 0 Å². The average molecular weight is 378 g/mol. The number of piperazine rings is 1. The molecule has 1 aliphatic rings. The van der Waals surface area contributed by atoms with Gasteiger partial charge in [-0.05, 0) is 36.2 Å². The molecule has 6 nitrogen and oxygen atoms in total. The maximum Gasteiger partial charge on any atom is 0.227 e. The molecule has 1 fully saturated rings. The predicted molar refractivity (Wildman–Crippen MR) is 109 cm³/mol. The molecular formula is C21H23FN6. The molecule has 28 heavy (non-hydrogen) atoms. The number of hydrogen-bond acceptors (Lipinski definition) is 6. The van der Waals surface area contributed by atoms with Crippen molar-refractivity contribution < 1.29 is 4.39 Å². The molecule has 0 aliphatic carbocycles. The van der Waals surface area contributed by atoms with Crippen LogP contribution in [0.15, 0.2) is 60.9 Å². The van der Waals surface area contributed by atoms with Gasteiger partial charge in [0.2, 0.25) is 5.95 Å². The third kappa shape index (κ3) is 4.36. The fraction of sp³-hybridized carbons (Fsp3) is 0.286. The number of halogens is 1. The highest BCUT2D eigenvalue weighted by Crippen LogP contribution is 2.17. The first kappa shape index (κ1) is 18.2. The highest BCUT2D eigenvalue weighted by atomic mass is 19.1. The van der Waals surface area contributed by atoms with Gasteiger partial charge in [0.15, 0.2) is 0 Å². The van der Waals surface area contributed by atoms with Gasteiger partial charge >= 0.3 is 0 Å². The highest BCUT2D eigenvalue weighted by Gasteiger charge is 2.20.